The van der Waals surface area contributed by atoms with Gasteiger partial charge >= 0.3 is 0 Å². The Morgan fingerprint density at radius 3 is 2.23 bits per heavy atom. The molecule has 0 heterocycles. The summed E-state index contributed by atoms with van der Waals surface area (Å²) in [6.45, 7) is -0.703. The van der Waals surface area contributed by atoms with Gasteiger partial charge in [-0.05, 0) is 6.42 Å². The van der Waals surface area contributed by atoms with Crippen molar-refractivity contribution in [2.45, 2.75) is 36.4 Å². The Balaban J connectivity index is 2.82. The second-order valence-electron chi connectivity index (χ2n) is 3.56. The van der Waals surface area contributed by atoms with Crippen LogP contribution in [0.4, 0.5) is 0 Å². The zero-order chi connectivity index (χ0) is 10.2. The fourth-order valence-corrected chi connectivity index (χ4v) is 1.57. The van der Waals surface area contributed by atoms with E-state index in [1.54, 1.807) is 0 Å². The molecular formula is C7H15NO5. The fraction of sp³-hybridized carbons (Fsp3) is 1.00. The molecule has 0 bridgehead atoms. The van der Waals surface area contributed by atoms with Crippen molar-refractivity contribution < 1.29 is 25.5 Å². The number of aliphatic hydroxyl groups is 5. The van der Waals surface area contributed by atoms with Crippen molar-refractivity contribution in [3.63, 3.8) is 0 Å². The van der Waals surface area contributed by atoms with Gasteiger partial charge in [-0.25, -0.2) is 0 Å². The molecule has 1 aliphatic carbocycles. The van der Waals surface area contributed by atoms with Crippen LogP contribution in [-0.2, 0) is 0 Å². The fourth-order valence-electron chi connectivity index (χ4n) is 1.57. The Kier molecular flexibility index (Phi) is 2.91. The molecule has 5 atom stereocenters. The molecular weight excluding hydrogens is 178 g/mol. The first kappa shape index (κ1) is 10.8. The van der Waals surface area contributed by atoms with Crippen molar-refractivity contribution in [3.8, 4) is 0 Å². The van der Waals surface area contributed by atoms with Gasteiger partial charge in [-0.2, -0.15) is 0 Å². The maximum absolute atomic E-state index is 9.56. The Hall–Kier alpha value is -0.240. The van der Waals surface area contributed by atoms with E-state index < -0.39 is 36.6 Å². The molecule has 1 saturated carbocycles. The van der Waals surface area contributed by atoms with E-state index in [9.17, 15) is 20.4 Å². The van der Waals surface area contributed by atoms with Crippen molar-refractivity contribution in [3.05, 3.63) is 0 Å². The molecule has 6 heteroatoms. The van der Waals surface area contributed by atoms with Crippen molar-refractivity contribution in [2.24, 2.45) is 5.73 Å². The smallest absolute Gasteiger partial charge is 0.118 e. The van der Waals surface area contributed by atoms with Crippen LogP contribution in [0.5, 0.6) is 0 Å². The SMILES string of the molecule is N[C@@H]1C[C@@](O)(CO)[C@@H](O)[C@@H](O)[C@H]1O. The molecule has 0 aromatic carbocycles. The molecule has 0 aliphatic heterocycles. The molecule has 0 aromatic rings. The van der Waals surface area contributed by atoms with Crippen molar-refractivity contribution >= 4 is 0 Å². The molecule has 7 N–H and O–H groups in total. The van der Waals surface area contributed by atoms with E-state index in [-0.39, 0.29) is 6.42 Å². The topological polar surface area (TPSA) is 127 Å². The molecule has 1 rings (SSSR count). The van der Waals surface area contributed by atoms with Crippen molar-refractivity contribution in [2.75, 3.05) is 6.61 Å². The highest BCUT2D eigenvalue weighted by molar-refractivity contribution is 5.03. The van der Waals surface area contributed by atoms with Gasteiger partial charge in [-0.1, -0.05) is 0 Å². The minimum atomic E-state index is -1.82. The van der Waals surface area contributed by atoms with Crippen LogP contribution in [0, 0.1) is 0 Å². The van der Waals surface area contributed by atoms with E-state index in [0.717, 1.165) is 0 Å². The van der Waals surface area contributed by atoms with Gasteiger partial charge in [0.2, 0.25) is 0 Å². The lowest BCUT2D eigenvalue weighted by atomic mass is 9.77. The average molecular weight is 193 g/mol. The van der Waals surface area contributed by atoms with Crippen LogP contribution >= 0.6 is 0 Å². The zero-order valence-electron chi connectivity index (χ0n) is 7.04. The second-order valence-corrected chi connectivity index (χ2v) is 3.56. The quantitative estimate of drug-likeness (QED) is 0.257. The van der Waals surface area contributed by atoms with E-state index in [4.69, 9.17) is 10.8 Å². The van der Waals surface area contributed by atoms with Crippen molar-refractivity contribution in [1.82, 2.24) is 0 Å². The summed E-state index contributed by atoms with van der Waals surface area (Å²) < 4.78 is 0. The van der Waals surface area contributed by atoms with Crippen LogP contribution in [0.2, 0.25) is 0 Å². The van der Waals surface area contributed by atoms with Crippen LogP contribution in [0.1, 0.15) is 6.42 Å². The van der Waals surface area contributed by atoms with Gasteiger partial charge in [-0.3, -0.25) is 0 Å². The largest absolute Gasteiger partial charge is 0.393 e. The minimum absolute atomic E-state index is 0.150. The van der Waals surface area contributed by atoms with Gasteiger partial charge in [0.1, 0.15) is 17.8 Å². The third kappa shape index (κ3) is 1.69. The summed E-state index contributed by atoms with van der Waals surface area (Å²) >= 11 is 0. The third-order valence-electron chi connectivity index (χ3n) is 2.53. The Bertz CT molecular complexity index is 190. The predicted octanol–water partition coefficient (Wildman–Crippen LogP) is -3.48. The first-order valence-corrected chi connectivity index (χ1v) is 4.05. The molecule has 6 nitrogen and oxygen atoms in total. The van der Waals surface area contributed by atoms with Crippen LogP contribution in [0.15, 0.2) is 0 Å². The monoisotopic (exact) mass is 193 g/mol. The second kappa shape index (κ2) is 3.49. The van der Waals surface area contributed by atoms with E-state index >= 15 is 0 Å². The highest BCUT2D eigenvalue weighted by Crippen LogP contribution is 2.28. The normalized spacial score (nSPS) is 52.2. The summed E-state index contributed by atoms with van der Waals surface area (Å²) in [6, 6.07) is -0.851. The molecule has 0 unspecified atom stereocenters. The van der Waals surface area contributed by atoms with E-state index in [2.05, 4.69) is 0 Å². The van der Waals surface area contributed by atoms with E-state index in [1.165, 1.54) is 0 Å². The van der Waals surface area contributed by atoms with Gasteiger partial charge in [0, 0.05) is 6.04 Å². The molecule has 1 fully saturated rings. The number of nitrogens with two attached hydrogens (primary N) is 1. The summed E-state index contributed by atoms with van der Waals surface area (Å²) in [7, 11) is 0. The standard InChI is InChI=1S/C7H15NO5/c8-3-1-7(13,2-9)6(12)5(11)4(3)10/h3-6,9-13H,1-2,8H2/t3-,4+,5+,6+,7-/m1/s1. The van der Waals surface area contributed by atoms with Crippen LogP contribution in [-0.4, -0.2) is 62.1 Å². The molecule has 0 aromatic heterocycles. The first-order chi connectivity index (χ1) is 5.92. The van der Waals surface area contributed by atoms with Gasteiger partial charge in [0.15, 0.2) is 0 Å². The van der Waals surface area contributed by atoms with Crippen LogP contribution in [0.25, 0.3) is 0 Å². The molecule has 13 heavy (non-hydrogen) atoms. The molecule has 0 amide bonds. The summed E-state index contributed by atoms with van der Waals surface area (Å²) in [6.07, 6.45) is -4.53. The van der Waals surface area contributed by atoms with Crippen LogP contribution < -0.4 is 5.73 Å². The average Bonchev–Trinajstić information content (AvgIpc) is 2.12. The minimum Gasteiger partial charge on any atom is -0.393 e. The maximum atomic E-state index is 9.56. The highest BCUT2D eigenvalue weighted by atomic mass is 16.4. The number of hydrogen-bond acceptors (Lipinski definition) is 6. The third-order valence-corrected chi connectivity index (χ3v) is 2.53. The summed E-state index contributed by atoms with van der Waals surface area (Å²) in [5, 5.41) is 46.1. The maximum Gasteiger partial charge on any atom is 0.118 e. The lowest BCUT2D eigenvalue weighted by Crippen LogP contribution is -2.66. The first-order valence-electron chi connectivity index (χ1n) is 4.05. The van der Waals surface area contributed by atoms with Crippen molar-refractivity contribution in [1.29, 1.82) is 0 Å². The Morgan fingerprint density at radius 2 is 1.77 bits per heavy atom. The van der Waals surface area contributed by atoms with Gasteiger partial charge < -0.3 is 31.3 Å². The molecule has 0 radical (unpaired) electrons. The molecule has 1 aliphatic rings. The number of rotatable bonds is 1. The van der Waals surface area contributed by atoms with Gasteiger partial charge in [0.25, 0.3) is 0 Å². The predicted molar refractivity (Wildman–Crippen MR) is 42.6 cm³/mol. The lowest BCUT2D eigenvalue weighted by Gasteiger charge is -2.43. The van der Waals surface area contributed by atoms with Gasteiger partial charge in [0.05, 0.1) is 12.7 Å². The summed E-state index contributed by atoms with van der Waals surface area (Å²) in [5.74, 6) is 0. The highest BCUT2D eigenvalue weighted by Gasteiger charge is 2.49. The van der Waals surface area contributed by atoms with E-state index in [1.807, 2.05) is 0 Å². The molecule has 0 spiro atoms. The zero-order valence-corrected chi connectivity index (χ0v) is 7.04. The summed E-state index contributed by atoms with van der Waals surface area (Å²) in [5.41, 5.74) is 3.57. The molecule has 0 saturated heterocycles. The summed E-state index contributed by atoms with van der Waals surface area (Å²) in [4.78, 5) is 0. The Morgan fingerprint density at radius 1 is 1.23 bits per heavy atom. The van der Waals surface area contributed by atoms with E-state index in [0.29, 0.717) is 0 Å². The number of hydrogen-bond donors (Lipinski definition) is 6. The van der Waals surface area contributed by atoms with Crippen LogP contribution in [0.3, 0.4) is 0 Å². The Labute approximate surface area is 75.2 Å². The lowest BCUT2D eigenvalue weighted by molar-refractivity contribution is -0.203. The number of aliphatic hydroxyl groups excluding tert-OH is 4. The molecule has 78 valence electrons. The van der Waals surface area contributed by atoms with Gasteiger partial charge in [-0.15, -0.1) is 0 Å².